The Morgan fingerprint density at radius 3 is 2.69 bits per heavy atom. The van der Waals surface area contributed by atoms with Crippen molar-refractivity contribution in [1.82, 2.24) is 24.6 Å². The molecule has 0 saturated carbocycles. The fourth-order valence-corrected chi connectivity index (χ4v) is 5.64. The molecule has 0 radical (unpaired) electrons. The van der Waals surface area contributed by atoms with Gasteiger partial charge in [-0.05, 0) is 42.7 Å². The molecule has 2 aliphatic rings. The standard InChI is InChI=1S/C26H31FN6O2/c1-15(2)21-22-19(31-24(21)18-9-20(34-3)25-29-14-30-33(25)11-18)10-28-26(23(22)27)32-6-4-16(5-7-32)8-17-12-35-13-17/h9-11,14-17,31H,4-8,12-13H2,1-3H3. The second-order valence-electron chi connectivity index (χ2n) is 10.1. The number of hydrogen-bond acceptors (Lipinski definition) is 6. The Balaban J connectivity index is 1.37. The van der Waals surface area contributed by atoms with Gasteiger partial charge >= 0.3 is 0 Å². The summed E-state index contributed by atoms with van der Waals surface area (Å²) in [6.45, 7) is 7.65. The lowest BCUT2D eigenvalue weighted by molar-refractivity contribution is -0.0438. The number of nitrogens with zero attached hydrogens (tertiary/aromatic N) is 5. The van der Waals surface area contributed by atoms with E-state index in [0.29, 0.717) is 40.0 Å². The van der Waals surface area contributed by atoms with E-state index in [-0.39, 0.29) is 11.7 Å². The van der Waals surface area contributed by atoms with Crippen LogP contribution in [0.3, 0.4) is 0 Å². The molecular formula is C26H31FN6O2. The predicted molar refractivity (Wildman–Crippen MR) is 133 cm³/mol. The summed E-state index contributed by atoms with van der Waals surface area (Å²) in [7, 11) is 1.61. The monoisotopic (exact) mass is 478 g/mol. The van der Waals surface area contributed by atoms with E-state index in [1.807, 2.05) is 12.3 Å². The first kappa shape index (κ1) is 22.3. The van der Waals surface area contributed by atoms with E-state index < -0.39 is 0 Å². The normalized spacial score (nSPS) is 17.6. The second-order valence-corrected chi connectivity index (χ2v) is 10.1. The van der Waals surface area contributed by atoms with Gasteiger partial charge in [-0.1, -0.05) is 13.8 Å². The van der Waals surface area contributed by atoms with Gasteiger partial charge in [0.1, 0.15) is 6.33 Å². The van der Waals surface area contributed by atoms with E-state index in [1.165, 1.54) is 12.7 Å². The van der Waals surface area contributed by atoms with Crippen molar-refractivity contribution in [2.75, 3.05) is 38.3 Å². The van der Waals surface area contributed by atoms with Crippen LogP contribution in [-0.2, 0) is 4.74 Å². The number of ether oxygens (including phenoxy) is 2. The lowest BCUT2D eigenvalue weighted by atomic mass is 9.86. The van der Waals surface area contributed by atoms with Crippen molar-refractivity contribution >= 4 is 22.4 Å². The van der Waals surface area contributed by atoms with E-state index in [2.05, 4.69) is 38.8 Å². The van der Waals surface area contributed by atoms with Crippen LogP contribution in [0.4, 0.5) is 10.2 Å². The van der Waals surface area contributed by atoms with E-state index in [4.69, 9.17) is 9.47 Å². The molecule has 0 atom stereocenters. The summed E-state index contributed by atoms with van der Waals surface area (Å²) < 4.78 is 28.7. The fraction of sp³-hybridized carbons (Fsp3) is 0.500. The number of methoxy groups -OCH3 is 1. The number of aromatic amines is 1. The maximum atomic E-state index is 16.1. The summed E-state index contributed by atoms with van der Waals surface area (Å²) in [5, 5.41) is 4.90. The zero-order valence-corrected chi connectivity index (χ0v) is 20.4. The van der Waals surface area contributed by atoms with Gasteiger partial charge in [0.05, 0.1) is 37.7 Å². The number of fused-ring (bicyclic) bond motifs is 2. The third-order valence-corrected chi connectivity index (χ3v) is 7.51. The van der Waals surface area contributed by atoms with Crippen molar-refractivity contribution < 1.29 is 13.9 Å². The number of H-pyrrole nitrogens is 1. The molecule has 2 aliphatic heterocycles. The van der Waals surface area contributed by atoms with Crippen molar-refractivity contribution in [3.8, 4) is 17.0 Å². The van der Waals surface area contributed by atoms with E-state index >= 15 is 4.39 Å². The SMILES string of the molecule is COc1cc(-c2[nH]c3cnc(N4CCC(CC5COC5)CC4)c(F)c3c2C(C)C)cn2ncnc12. The quantitative estimate of drug-likeness (QED) is 0.429. The predicted octanol–water partition coefficient (Wildman–Crippen LogP) is 4.80. The molecule has 0 aliphatic carbocycles. The number of rotatable bonds is 6. The number of halogens is 1. The van der Waals surface area contributed by atoms with Gasteiger partial charge in [-0.3, -0.25) is 0 Å². The number of piperidine rings is 1. The molecule has 0 spiro atoms. The van der Waals surface area contributed by atoms with Crippen molar-refractivity contribution in [2.24, 2.45) is 11.8 Å². The van der Waals surface area contributed by atoms with Crippen LogP contribution in [0, 0.1) is 17.7 Å². The van der Waals surface area contributed by atoms with Crippen LogP contribution in [0.5, 0.6) is 5.75 Å². The van der Waals surface area contributed by atoms with E-state index in [1.54, 1.807) is 17.8 Å². The van der Waals surface area contributed by atoms with Crippen molar-refractivity contribution in [3.05, 3.63) is 36.2 Å². The highest BCUT2D eigenvalue weighted by Crippen LogP contribution is 2.40. The molecule has 0 unspecified atom stereocenters. The molecular weight excluding hydrogens is 447 g/mol. The molecule has 0 aromatic carbocycles. The van der Waals surface area contributed by atoms with Gasteiger partial charge < -0.3 is 19.4 Å². The highest BCUT2D eigenvalue weighted by molar-refractivity contribution is 5.93. The van der Waals surface area contributed by atoms with Gasteiger partial charge in [0.15, 0.2) is 23.0 Å². The summed E-state index contributed by atoms with van der Waals surface area (Å²) in [5.41, 5.74) is 3.98. The molecule has 9 heteroatoms. The van der Waals surface area contributed by atoms with E-state index in [0.717, 1.165) is 56.0 Å². The Morgan fingerprint density at radius 1 is 1.20 bits per heavy atom. The maximum absolute atomic E-state index is 16.1. The van der Waals surface area contributed by atoms with Gasteiger partial charge in [-0.15, -0.1) is 0 Å². The van der Waals surface area contributed by atoms with Crippen molar-refractivity contribution in [1.29, 1.82) is 0 Å². The van der Waals surface area contributed by atoms with Crippen LogP contribution < -0.4 is 9.64 Å². The molecule has 0 bridgehead atoms. The van der Waals surface area contributed by atoms with Crippen LogP contribution in [0.2, 0.25) is 0 Å². The van der Waals surface area contributed by atoms with E-state index in [9.17, 15) is 0 Å². The molecule has 2 fully saturated rings. The lowest BCUT2D eigenvalue weighted by Gasteiger charge is -2.36. The molecule has 6 rings (SSSR count). The Hall–Kier alpha value is -3.20. The van der Waals surface area contributed by atoms with Gasteiger partial charge in [-0.25, -0.2) is 18.9 Å². The smallest absolute Gasteiger partial charge is 0.197 e. The minimum Gasteiger partial charge on any atom is -0.493 e. The Labute approximate surface area is 203 Å². The summed E-state index contributed by atoms with van der Waals surface area (Å²) in [6.07, 6.45) is 8.53. The molecule has 184 valence electrons. The average Bonchev–Trinajstić information content (AvgIpc) is 3.47. The Bertz CT molecular complexity index is 1370. The fourth-order valence-electron chi connectivity index (χ4n) is 5.64. The Kier molecular flexibility index (Phi) is 5.59. The number of hydrogen-bond donors (Lipinski definition) is 1. The highest BCUT2D eigenvalue weighted by atomic mass is 19.1. The van der Waals surface area contributed by atoms with Crippen molar-refractivity contribution in [2.45, 2.75) is 39.0 Å². The Morgan fingerprint density at radius 2 is 2.00 bits per heavy atom. The van der Waals surface area contributed by atoms with Gasteiger partial charge in [0.25, 0.3) is 0 Å². The number of nitrogens with one attached hydrogen (secondary N) is 1. The zero-order valence-electron chi connectivity index (χ0n) is 20.4. The molecule has 2 saturated heterocycles. The van der Waals surface area contributed by atoms with Gasteiger partial charge in [0, 0.05) is 36.2 Å². The molecule has 35 heavy (non-hydrogen) atoms. The summed E-state index contributed by atoms with van der Waals surface area (Å²) in [6, 6.07) is 1.92. The largest absolute Gasteiger partial charge is 0.493 e. The van der Waals surface area contributed by atoms with Crippen LogP contribution in [0.25, 0.3) is 27.8 Å². The first-order valence-electron chi connectivity index (χ1n) is 12.4. The first-order chi connectivity index (χ1) is 17.0. The topological polar surface area (TPSA) is 80.6 Å². The van der Waals surface area contributed by atoms with Crippen LogP contribution in [0.1, 0.15) is 44.6 Å². The first-order valence-corrected chi connectivity index (χ1v) is 12.4. The van der Waals surface area contributed by atoms with Gasteiger partial charge in [-0.2, -0.15) is 5.10 Å². The molecule has 1 N–H and O–H groups in total. The van der Waals surface area contributed by atoms with Gasteiger partial charge in [0.2, 0.25) is 0 Å². The second kappa shape index (κ2) is 8.78. The minimum absolute atomic E-state index is 0.0939. The molecule has 8 nitrogen and oxygen atoms in total. The van der Waals surface area contributed by atoms with Crippen LogP contribution in [0.15, 0.2) is 24.8 Å². The average molecular weight is 479 g/mol. The minimum atomic E-state index is -0.242. The zero-order chi connectivity index (χ0) is 24.1. The summed E-state index contributed by atoms with van der Waals surface area (Å²) in [5.74, 6) is 2.33. The molecule has 0 amide bonds. The lowest BCUT2D eigenvalue weighted by Crippen LogP contribution is -2.37. The third kappa shape index (κ3) is 3.82. The summed E-state index contributed by atoms with van der Waals surface area (Å²) in [4.78, 5) is 14.4. The number of pyridine rings is 2. The molecule has 6 heterocycles. The number of anilines is 1. The number of aromatic nitrogens is 5. The molecule has 4 aromatic heterocycles. The summed E-state index contributed by atoms with van der Waals surface area (Å²) >= 11 is 0. The third-order valence-electron chi connectivity index (χ3n) is 7.51. The van der Waals surface area contributed by atoms with Crippen molar-refractivity contribution in [3.63, 3.8) is 0 Å². The molecule has 4 aromatic rings. The van der Waals surface area contributed by atoms with Crippen LogP contribution >= 0.6 is 0 Å². The van der Waals surface area contributed by atoms with Crippen LogP contribution in [-0.4, -0.2) is 58.0 Å². The highest BCUT2D eigenvalue weighted by Gasteiger charge is 2.29. The maximum Gasteiger partial charge on any atom is 0.197 e.